The van der Waals surface area contributed by atoms with E-state index in [4.69, 9.17) is 0 Å². The van der Waals surface area contributed by atoms with Gasteiger partial charge in [0.05, 0.1) is 5.69 Å². The molecule has 2 rings (SSSR count). The van der Waals surface area contributed by atoms with Crippen LogP contribution < -0.4 is 10.6 Å². The van der Waals surface area contributed by atoms with Crippen molar-refractivity contribution in [2.45, 2.75) is 39.7 Å². The second-order valence-electron chi connectivity index (χ2n) is 5.77. The number of aryl methyl sites for hydroxylation is 2. The van der Waals surface area contributed by atoms with Gasteiger partial charge in [0.2, 0.25) is 0 Å². The number of hydrogen-bond donors (Lipinski definition) is 2. The first-order valence-corrected chi connectivity index (χ1v) is 6.47. The summed E-state index contributed by atoms with van der Waals surface area (Å²) in [6.07, 6.45) is 2.59. The molecule has 0 aliphatic carbocycles. The van der Waals surface area contributed by atoms with Crippen molar-refractivity contribution in [1.29, 1.82) is 0 Å². The molecule has 1 aliphatic rings. The van der Waals surface area contributed by atoms with E-state index >= 15 is 0 Å². The van der Waals surface area contributed by atoms with Crippen molar-refractivity contribution in [3.8, 4) is 0 Å². The van der Waals surface area contributed by atoms with E-state index in [1.54, 1.807) is 0 Å². The molecule has 4 heteroatoms. The number of rotatable bonds is 3. The Morgan fingerprint density at radius 3 is 2.94 bits per heavy atom. The van der Waals surface area contributed by atoms with Gasteiger partial charge in [-0.2, -0.15) is 5.10 Å². The van der Waals surface area contributed by atoms with Crippen molar-refractivity contribution >= 4 is 5.82 Å². The predicted octanol–water partition coefficient (Wildman–Crippen LogP) is 1.92. The van der Waals surface area contributed by atoms with Gasteiger partial charge in [-0.1, -0.05) is 13.8 Å². The fraction of sp³-hybridized carbons (Fsp3) is 0.769. The van der Waals surface area contributed by atoms with Gasteiger partial charge in [-0.25, -0.2) is 0 Å². The quantitative estimate of drug-likeness (QED) is 0.842. The molecule has 17 heavy (non-hydrogen) atoms. The SMILES string of the molecule is Cc1cc(NCC2NCCCC2(C)C)n(C)n1. The third kappa shape index (κ3) is 2.80. The molecule has 96 valence electrons. The van der Waals surface area contributed by atoms with E-state index in [0.29, 0.717) is 11.5 Å². The molecule has 1 aromatic rings. The van der Waals surface area contributed by atoms with Crippen LogP contribution in [0.3, 0.4) is 0 Å². The standard InChI is InChI=1S/C13H24N4/c1-10-8-12(17(4)16-10)15-9-11-13(2,3)6-5-7-14-11/h8,11,14-15H,5-7,9H2,1-4H3. The number of piperidine rings is 1. The smallest absolute Gasteiger partial charge is 0.124 e. The molecule has 0 aromatic carbocycles. The monoisotopic (exact) mass is 236 g/mol. The molecule has 1 fully saturated rings. The van der Waals surface area contributed by atoms with Crippen LogP contribution in [0.4, 0.5) is 5.82 Å². The minimum atomic E-state index is 0.374. The summed E-state index contributed by atoms with van der Waals surface area (Å²) in [5.74, 6) is 1.10. The van der Waals surface area contributed by atoms with Crippen molar-refractivity contribution in [3.05, 3.63) is 11.8 Å². The van der Waals surface area contributed by atoms with Gasteiger partial charge in [0.25, 0.3) is 0 Å². The molecular weight excluding hydrogens is 212 g/mol. The topological polar surface area (TPSA) is 41.9 Å². The predicted molar refractivity (Wildman–Crippen MR) is 71.2 cm³/mol. The van der Waals surface area contributed by atoms with Gasteiger partial charge in [-0.3, -0.25) is 4.68 Å². The average molecular weight is 236 g/mol. The zero-order valence-electron chi connectivity index (χ0n) is 11.4. The van der Waals surface area contributed by atoms with Gasteiger partial charge in [-0.15, -0.1) is 0 Å². The fourth-order valence-electron chi connectivity index (χ4n) is 2.60. The summed E-state index contributed by atoms with van der Waals surface area (Å²) in [5.41, 5.74) is 1.43. The Morgan fingerprint density at radius 1 is 1.59 bits per heavy atom. The van der Waals surface area contributed by atoms with Crippen LogP contribution in [0.15, 0.2) is 6.07 Å². The summed E-state index contributed by atoms with van der Waals surface area (Å²) in [5, 5.41) is 11.5. The maximum atomic E-state index is 4.34. The van der Waals surface area contributed by atoms with Crippen molar-refractivity contribution in [2.24, 2.45) is 12.5 Å². The fourth-order valence-corrected chi connectivity index (χ4v) is 2.60. The average Bonchev–Trinajstić information content (AvgIpc) is 2.55. The van der Waals surface area contributed by atoms with Crippen molar-refractivity contribution < 1.29 is 0 Å². The Hall–Kier alpha value is -1.03. The van der Waals surface area contributed by atoms with Crippen LogP contribution in [-0.2, 0) is 7.05 Å². The molecule has 4 nitrogen and oxygen atoms in total. The first kappa shape index (κ1) is 12.4. The summed E-state index contributed by atoms with van der Waals surface area (Å²) in [7, 11) is 1.98. The molecular formula is C13H24N4. The highest BCUT2D eigenvalue weighted by atomic mass is 15.3. The first-order valence-electron chi connectivity index (χ1n) is 6.47. The summed E-state index contributed by atoms with van der Waals surface area (Å²) in [6, 6.07) is 2.63. The molecule has 1 aliphatic heterocycles. The number of anilines is 1. The van der Waals surface area contributed by atoms with Crippen LogP contribution in [0, 0.1) is 12.3 Å². The lowest BCUT2D eigenvalue weighted by Gasteiger charge is -2.39. The summed E-state index contributed by atoms with van der Waals surface area (Å²) in [6.45, 7) is 8.82. The van der Waals surface area contributed by atoms with Crippen molar-refractivity contribution in [2.75, 3.05) is 18.4 Å². The molecule has 1 saturated heterocycles. The lowest BCUT2D eigenvalue weighted by Crippen LogP contribution is -2.50. The normalized spacial score (nSPS) is 23.6. The Balaban J connectivity index is 1.95. The molecule has 0 saturated carbocycles. The van der Waals surface area contributed by atoms with E-state index < -0.39 is 0 Å². The van der Waals surface area contributed by atoms with Gasteiger partial charge < -0.3 is 10.6 Å². The minimum Gasteiger partial charge on any atom is -0.369 e. The van der Waals surface area contributed by atoms with E-state index in [2.05, 4.69) is 35.6 Å². The second kappa shape index (κ2) is 4.69. The van der Waals surface area contributed by atoms with E-state index in [-0.39, 0.29) is 0 Å². The highest BCUT2D eigenvalue weighted by Gasteiger charge is 2.31. The Morgan fingerprint density at radius 2 is 2.35 bits per heavy atom. The van der Waals surface area contributed by atoms with Crippen LogP contribution in [0.1, 0.15) is 32.4 Å². The summed E-state index contributed by atoms with van der Waals surface area (Å²) < 4.78 is 1.91. The molecule has 1 atom stereocenters. The molecule has 1 aromatic heterocycles. The molecule has 0 spiro atoms. The van der Waals surface area contributed by atoms with Gasteiger partial charge in [0, 0.05) is 25.7 Å². The third-order valence-corrected chi connectivity index (χ3v) is 3.82. The molecule has 2 N–H and O–H groups in total. The third-order valence-electron chi connectivity index (χ3n) is 3.82. The Labute approximate surface area is 104 Å². The molecule has 0 bridgehead atoms. The molecule has 0 radical (unpaired) electrons. The molecule has 1 unspecified atom stereocenters. The highest BCUT2D eigenvalue weighted by molar-refractivity contribution is 5.36. The first-order chi connectivity index (χ1) is 7.99. The van der Waals surface area contributed by atoms with Gasteiger partial charge >= 0.3 is 0 Å². The largest absolute Gasteiger partial charge is 0.369 e. The number of hydrogen-bond acceptors (Lipinski definition) is 3. The minimum absolute atomic E-state index is 0.374. The van der Waals surface area contributed by atoms with Crippen LogP contribution in [0.25, 0.3) is 0 Å². The lowest BCUT2D eigenvalue weighted by molar-refractivity contribution is 0.188. The Bertz CT molecular complexity index is 381. The molecule has 2 heterocycles. The van der Waals surface area contributed by atoms with Crippen LogP contribution in [0.2, 0.25) is 0 Å². The van der Waals surface area contributed by atoms with Crippen molar-refractivity contribution in [1.82, 2.24) is 15.1 Å². The van der Waals surface area contributed by atoms with E-state index in [0.717, 1.165) is 24.6 Å². The number of nitrogens with one attached hydrogen (secondary N) is 2. The maximum absolute atomic E-state index is 4.34. The number of nitrogens with zero attached hydrogens (tertiary/aromatic N) is 2. The summed E-state index contributed by atoms with van der Waals surface area (Å²) >= 11 is 0. The second-order valence-corrected chi connectivity index (χ2v) is 5.77. The van der Waals surface area contributed by atoms with E-state index in [9.17, 15) is 0 Å². The van der Waals surface area contributed by atoms with Crippen LogP contribution in [0.5, 0.6) is 0 Å². The lowest BCUT2D eigenvalue weighted by atomic mass is 9.77. The molecule has 0 amide bonds. The van der Waals surface area contributed by atoms with E-state index in [1.807, 2.05) is 18.7 Å². The summed E-state index contributed by atoms with van der Waals surface area (Å²) in [4.78, 5) is 0. The zero-order valence-corrected chi connectivity index (χ0v) is 11.4. The van der Waals surface area contributed by atoms with Crippen LogP contribution in [-0.4, -0.2) is 28.9 Å². The van der Waals surface area contributed by atoms with Gasteiger partial charge in [0.15, 0.2) is 0 Å². The highest BCUT2D eigenvalue weighted by Crippen LogP contribution is 2.30. The van der Waals surface area contributed by atoms with Gasteiger partial charge in [-0.05, 0) is 31.7 Å². The Kier molecular flexibility index (Phi) is 3.43. The van der Waals surface area contributed by atoms with Crippen molar-refractivity contribution in [3.63, 3.8) is 0 Å². The van der Waals surface area contributed by atoms with Gasteiger partial charge in [0.1, 0.15) is 5.82 Å². The van der Waals surface area contributed by atoms with E-state index in [1.165, 1.54) is 12.8 Å². The maximum Gasteiger partial charge on any atom is 0.124 e. The van der Waals surface area contributed by atoms with Crippen LogP contribution >= 0.6 is 0 Å². The number of aromatic nitrogens is 2. The zero-order chi connectivity index (χ0) is 12.5.